The Morgan fingerprint density at radius 1 is 1.11 bits per heavy atom. The molecule has 102 valence electrons. The standard InChI is InChI=1S/C9H10N2S.2C2H6.C2H4/c1-2-11-12-9(10)8-6-4-3-5-7-8;3*1-2/h2-7,10H,1H3;2*1-2H3;1-2H2/b10-9?,11-2+;;;. The fraction of sp³-hybridized carbons (Fsp3) is 0.333. The van der Waals surface area contributed by atoms with E-state index in [-0.39, 0.29) is 0 Å². The van der Waals surface area contributed by atoms with Gasteiger partial charge in [0.05, 0.1) is 0 Å². The van der Waals surface area contributed by atoms with Crippen LogP contribution in [0.1, 0.15) is 40.2 Å². The van der Waals surface area contributed by atoms with Gasteiger partial charge in [-0.15, -0.1) is 13.2 Å². The maximum Gasteiger partial charge on any atom is 0.117 e. The van der Waals surface area contributed by atoms with E-state index in [4.69, 9.17) is 5.41 Å². The van der Waals surface area contributed by atoms with Crippen LogP contribution in [0.5, 0.6) is 0 Å². The minimum atomic E-state index is 0.480. The summed E-state index contributed by atoms with van der Waals surface area (Å²) >= 11 is 1.18. The van der Waals surface area contributed by atoms with Gasteiger partial charge in [-0.05, 0) is 6.92 Å². The second-order valence-electron chi connectivity index (χ2n) is 2.15. The highest BCUT2D eigenvalue weighted by molar-refractivity contribution is 8.13. The van der Waals surface area contributed by atoms with Crippen molar-refractivity contribution >= 4 is 23.2 Å². The molecule has 1 aromatic carbocycles. The fourth-order valence-corrected chi connectivity index (χ4v) is 1.20. The fourth-order valence-electron chi connectivity index (χ4n) is 0.748. The SMILES string of the molecule is C/C=N/SC(=N)c1ccccc1.C=C.CC.CC. The van der Waals surface area contributed by atoms with E-state index in [2.05, 4.69) is 17.6 Å². The maximum absolute atomic E-state index is 7.58. The average molecular weight is 266 g/mol. The Labute approximate surface area is 117 Å². The van der Waals surface area contributed by atoms with Gasteiger partial charge in [-0.1, -0.05) is 58.0 Å². The highest BCUT2D eigenvalue weighted by atomic mass is 32.2. The van der Waals surface area contributed by atoms with Crippen molar-refractivity contribution in [3.8, 4) is 0 Å². The molecule has 1 N–H and O–H groups in total. The van der Waals surface area contributed by atoms with Crippen molar-refractivity contribution in [1.82, 2.24) is 0 Å². The second kappa shape index (κ2) is 21.0. The van der Waals surface area contributed by atoms with Gasteiger partial charge in [-0.2, -0.15) is 0 Å². The highest BCUT2D eigenvalue weighted by Crippen LogP contribution is 2.11. The first-order valence-corrected chi connectivity index (χ1v) is 6.91. The van der Waals surface area contributed by atoms with Gasteiger partial charge in [0.2, 0.25) is 0 Å². The summed E-state index contributed by atoms with van der Waals surface area (Å²) in [7, 11) is 0. The Morgan fingerprint density at radius 3 is 1.94 bits per heavy atom. The smallest absolute Gasteiger partial charge is 0.117 e. The summed E-state index contributed by atoms with van der Waals surface area (Å²) in [6.07, 6.45) is 1.68. The second-order valence-corrected chi connectivity index (χ2v) is 2.95. The van der Waals surface area contributed by atoms with E-state index in [9.17, 15) is 0 Å². The minimum Gasteiger partial charge on any atom is -0.292 e. The molecule has 0 amide bonds. The summed E-state index contributed by atoms with van der Waals surface area (Å²) < 4.78 is 3.92. The molecule has 0 aliphatic heterocycles. The molecule has 0 fully saturated rings. The first kappa shape index (κ1) is 21.9. The minimum absolute atomic E-state index is 0.480. The van der Waals surface area contributed by atoms with Gasteiger partial charge >= 0.3 is 0 Å². The Hall–Kier alpha value is -1.35. The van der Waals surface area contributed by atoms with Crippen molar-refractivity contribution in [3.63, 3.8) is 0 Å². The zero-order valence-electron chi connectivity index (χ0n) is 12.2. The van der Waals surface area contributed by atoms with Crippen LogP contribution in [0, 0.1) is 5.41 Å². The van der Waals surface area contributed by atoms with Crippen molar-refractivity contribution in [2.75, 3.05) is 0 Å². The zero-order chi connectivity index (χ0) is 14.8. The van der Waals surface area contributed by atoms with Gasteiger partial charge in [0.25, 0.3) is 0 Å². The first-order chi connectivity index (χ1) is 8.84. The van der Waals surface area contributed by atoms with E-state index in [1.807, 2.05) is 65.0 Å². The van der Waals surface area contributed by atoms with Crippen molar-refractivity contribution in [2.24, 2.45) is 4.40 Å². The number of hydrogen-bond acceptors (Lipinski definition) is 3. The van der Waals surface area contributed by atoms with Gasteiger partial charge in [0.1, 0.15) is 5.04 Å². The quantitative estimate of drug-likeness (QED) is 0.321. The third-order valence-corrected chi connectivity index (χ3v) is 2.02. The number of nitrogens with zero attached hydrogens (tertiary/aromatic N) is 1. The van der Waals surface area contributed by atoms with Gasteiger partial charge in [-0.25, -0.2) is 4.40 Å². The molecular weight excluding hydrogens is 240 g/mol. The number of benzene rings is 1. The molecule has 18 heavy (non-hydrogen) atoms. The molecule has 0 aliphatic carbocycles. The first-order valence-electron chi connectivity index (χ1n) is 6.13. The van der Waals surface area contributed by atoms with Gasteiger partial charge in [0.15, 0.2) is 0 Å². The lowest BCUT2D eigenvalue weighted by Gasteiger charge is -1.97. The Balaban J connectivity index is -0.000000328. The van der Waals surface area contributed by atoms with Gasteiger partial charge in [-0.3, -0.25) is 5.41 Å². The van der Waals surface area contributed by atoms with E-state index in [1.165, 1.54) is 11.9 Å². The van der Waals surface area contributed by atoms with E-state index in [0.29, 0.717) is 5.04 Å². The monoisotopic (exact) mass is 266 g/mol. The van der Waals surface area contributed by atoms with Crippen molar-refractivity contribution in [3.05, 3.63) is 49.1 Å². The van der Waals surface area contributed by atoms with Crippen LogP contribution in [0.15, 0.2) is 47.9 Å². The molecular formula is C15H26N2S. The summed E-state index contributed by atoms with van der Waals surface area (Å²) in [5, 5.41) is 8.06. The van der Waals surface area contributed by atoms with E-state index >= 15 is 0 Å². The largest absolute Gasteiger partial charge is 0.292 e. The third kappa shape index (κ3) is 12.7. The van der Waals surface area contributed by atoms with Crippen LogP contribution in [0.25, 0.3) is 0 Å². The highest BCUT2D eigenvalue weighted by Gasteiger charge is 1.97. The lowest BCUT2D eigenvalue weighted by molar-refractivity contribution is 1.50. The Kier molecular flexibility index (Phi) is 25.5. The molecule has 0 radical (unpaired) electrons. The molecule has 0 saturated heterocycles. The predicted molar refractivity (Wildman–Crippen MR) is 89.0 cm³/mol. The van der Waals surface area contributed by atoms with Crippen molar-refractivity contribution in [1.29, 1.82) is 5.41 Å². The lowest BCUT2D eigenvalue weighted by Crippen LogP contribution is -1.89. The van der Waals surface area contributed by atoms with Crippen LogP contribution in [0.4, 0.5) is 0 Å². The molecule has 0 aromatic heterocycles. The summed E-state index contributed by atoms with van der Waals surface area (Å²) in [4.78, 5) is 0. The molecule has 3 heteroatoms. The van der Waals surface area contributed by atoms with Crippen LogP contribution in [-0.2, 0) is 0 Å². The van der Waals surface area contributed by atoms with Crippen molar-refractivity contribution < 1.29 is 0 Å². The van der Waals surface area contributed by atoms with Crippen LogP contribution in [0.3, 0.4) is 0 Å². The molecule has 0 atom stereocenters. The lowest BCUT2D eigenvalue weighted by atomic mass is 10.2. The van der Waals surface area contributed by atoms with Gasteiger partial charge in [0, 0.05) is 23.7 Å². The summed E-state index contributed by atoms with van der Waals surface area (Å²) in [5.74, 6) is 0. The molecule has 1 aromatic rings. The number of nitrogens with one attached hydrogen (secondary N) is 1. The summed E-state index contributed by atoms with van der Waals surface area (Å²) in [6.45, 7) is 15.8. The number of rotatable bonds is 2. The van der Waals surface area contributed by atoms with E-state index < -0.39 is 0 Å². The van der Waals surface area contributed by atoms with E-state index in [0.717, 1.165) is 5.56 Å². The third-order valence-electron chi connectivity index (χ3n) is 1.29. The number of hydrogen-bond donors (Lipinski definition) is 1. The predicted octanol–water partition coefficient (Wildman–Crippen LogP) is 5.61. The molecule has 0 bridgehead atoms. The summed E-state index contributed by atoms with van der Waals surface area (Å²) in [5.41, 5.74) is 0.910. The van der Waals surface area contributed by atoms with Crippen LogP contribution in [0.2, 0.25) is 0 Å². The molecule has 0 unspecified atom stereocenters. The van der Waals surface area contributed by atoms with Crippen LogP contribution < -0.4 is 0 Å². The molecule has 1 rings (SSSR count). The molecule has 0 spiro atoms. The average Bonchev–Trinajstić information content (AvgIpc) is 2.51. The zero-order valence-corrected chi connectivity index (χ0v) is 13.1. The van der Waals surface area contributed by atoms with Gasteiger partial charge < -0.3 is 0 Å². The normalized spacial score (nSPS) is 7.83. The van der Waals surface area contributed by atoms with Crippen molar-refractivity contribution in [2.45, 2.75) is 34.6 Å². The molecule has 0 saturated carbocycles. The summed E-state index contributed by atoms with van der Waals surface area (Å²) in [6, 6.07) is 9.58. The Morgan fingerprint density at radius 2 is 1.56 bits per heavy atom. The van der Waals surface area contributed by atoms with Crippen LogP contribution in [-0.4, -0.2) is 11.3 Å². The Bertz CT molecular complexity index is 295. The molecule has 0 heterocycles. The topological polar surface area (TPSA) is 36.2 Å². The maximum atomic E-state index is 7.58. The molecule has 0 aliphatic rings. The van der Waals surface area contributed by atoms with Crippen LogP contribution >= 0.6 is 11.9 Å². The van der Waals surface area contributed by atoms with E-state index in [1.54, 1.807) is 6.21 Å². The molecule has 2 nitrogen and oxygen atoms in total.